The molecule has 1 unspecified atom stereocenters. The van der Waals surface area contributed by atoms with E-state index in [2.05, 4.69) is 10.7 Å². The van der Waals surface area contributed by atoms with Gasteiger partial charge in [-0.3, -0.25) is 16.0 Å². The molecule has 1 rings (SSSR count). The van der Waals surface area contributed by atoms with Gasteiger partial charge < -0.3 is 15.8 Å². The number of nitrogens with two attached hydrogens (primary N) is 1. The lowest BCUT2D eigenvalue weighted by molar-refractivity contribution is -0.384. The Balaban J connectivity index is 2.81. The fourth-order valence-corrected chi connectivity index (χ4v) is 1.64. The Bertz CT molecular complexity index is 411. The minimum Gasteiger partial charge on any atom is -0.396 e. The van der Waals surface area contributed by atoms with E-state index in [0.29, 0.717) is 17.8 Å². The van der Waals surface area contributed by atoms with Crippen molar-refractivity contribution in [2.24, 2.45) is 5.84 Å². The molecule has 0 aromatic heterocycles. The molecule has 7 heteroatoms. The number of nitro groups is 1. The van der Waals surface area contributed by atoms with Crippen LogP contribution in [0.1, 0.15) is 19.8 Å². The first kappa shape index (κ1) is 14.2. The van der Waals surface area contributed by atoms with Crippen LogP contribution in [0.3, 0.4) is 0 Å². The average molecular weight is 254 g/mol. The Kier molecular flexibility index (Phi) is 5.34. The number of hydrogen-bond acceptors (Lipinski definition) is 6. The molecule has 0 aliphatic rings. The van der Waals surface area contributed by atoms with Crippen molar-refractivity contribution in [3.05, 3.63) is 28.3 Å². The van der Waals surface area contributed by atoms with Gasteiger partial charge in [0.2, 0.25) is 0 Å². The molecule has 100 valence electrons. The Morgan fingerprint density at radius 3 is 2.67 bits per heavy atom. The van der Waals surface area contributed by atoms with E-state index >= 15 is 0 Å². The summed E-state index contributed by atoms with van der Waals surface area (Å²) in [5.41, 5.74) is 3.47. The summed E-state index contributed by atoms with van der Waals surface area (Å²) in [5.74, 6) is 5.27. The van der Waals surface area contributed by atoms with Crippen LogP contribution in [0.15, 0.2) is 18.2 Å². The molecule has 1 aromatic carbocycles. The number of nitro benzene ring substituents is 1. The van der Waals surface area contributed by atoms with Gasteiger partial charge in [0.05, 0.1) is 10.6 Å². The molecule has 7 nitrogen and oxygen atoms in total. The van der Waals surface area contributed by atoms with Crippen LogP contribution in [0.25, 0.3) is 0 Å². The second kappa shape index (κ2) is 6.77. The van der Waals surface area contributed by atoms with Gasteiger partial charge in [-0.05, 0) is 25.8 Å². The largest absolute Gasteiger partial charge is 0.396 e. The van der Waals surface area contributed by atoms with Gasteiger partial charge in [-0.2, -0.15) is 0 Å². The van der Waals surface area contributed by atoms with E-state index in [1.54, 1.807) is 6.07 Å². The molecule has 1 aromatic rings. The second-order valence-electron chi connectivity index (χ2n) is 4.08. The van der Waals surface area contributed by atoms with Gasteiger partial charge in [-0.15, -0.1) is 0 Å². The predicted molar refractivity (Wildman–Crippen MR) is 70.3 cm³/mol. The topological polar surface area (TPSA) is 113 Å². The Morgan fingerprint density at radius 1 is 1.44 bits per heavy atom. The van der Waals surface area contributed by atoms with Gasteiger partial charge in [0.1, 0.15) is 0 Å². The van der Waals surface area contributed by atoms with Crippen LogP contribution in [-0.2, 0) is 0 Å². The molecule has 0 bridgehead atoms. The van der Waals surface area contributed by atoms with E-state index in [0.717, 1.165) is 6.42 Å². The molecule has 0 saturated heterocycles. The first-order chi connectivity index (χ1) is 8.56. The monoisotopic (exact) mass is 254 g/mol. The number of rotatable bonds is 7. The van der Waals surface area contributed by atoms with Crippen molar-refractivity contribution >= 4 is 17.1 Å². The summed E-state index contributed by atoms with van der Waals surface area (Å²) in [6, 6.07) is 4.63. The summed E-state index contributed by atoms with van der Waals surface area (Å²) in [6.07, 6.45) is 1.47. The van der Waals surface area contributed by atoms with Crippen molar-refractivity contribution in [2.75, 3.05) is 17.3 Å². The minimum atomic E-state index is -0.468. The highest BCUT2D eigenvalue weighted by atomic mass is 16.6. The lowest BCUT2D eigenvalue weighted by atomic mass is 10.1. The quantitative estimate of drug-likeness (QED) is 0.333. The van der Waals surface area contributed by atoms with E-state index in [9.17, 15) is 10.1 Å². The number of benzene rings is 1. The third-order valence-electron chi connectivity index (χ3n) is 2.50. The molecule has 0 saturated carbocycles. The van der Waals surface area contributed by atoms with E-state index in [1.807, 2.05) is 6.92 Å². The van der Waals surface area contributed by atoms with Gasteiger partial charge in [0, 0.05) is 30.5 Å². The number of nitrogens with one attached hydrogen (secondary N) is 2. The number of nitrogens with zero attached hydrogens (tertiary/aromatic N) is 1. The molecule has 0 amide bonds. The van der Waals surface area contributed by atoms with Crippen molar-refractivity contribution < 1.29 is 10.0 Å². The van der Waals surface area contributed by atoms with Gasteiger partial charge in [-0.25, -0.2) is 0 Å². The summed E-state index contributed by atoms with van der Waals surface area (Å²) in [4.78, 5) is 10.3. The average Bonchev–Trinajstić information content (AvgIpc) is 2.35. The summed E-state index contributed by atoms with van der Waals surface area (Å²) >= 11 is 0. The number of aliphatic hydroxyl groups excluding tert-OH is 1. The molecule has 0 radical (unpaired) electrons. The van der Waals surface area contributed by atoms with E-state index in [1.165, 1.54) is 12.1 Å². The van der Waals surface area contributed by atoms with Gasteiger partial charge in [-0.1, -0.05) is 0 Å². The third kappa shape index (κ3) is 4.19. The van der Waals surface area contributed by atoms with E-state index in [4.69, 9.17) is 10.9 Å². The lowest BCUT2D eigenvalue weighted by Crippen LogP contribution is -2.16. The molecule has 0 heterocycles. The Hall–Kier alpha value is -1.86. The normalized spacial score (nSPS) is 11.9. The van der Waals surface area contributed by atoms with Crippen molar-refractivity contribution in [2.45, 2.75) is 25.8 Å². The third-order valence-corrected chi connectivity index (χ3v) is 2.50. The maximum Gasteiger partial charge on any atom is 0.273 e. The number of anilines is 2. The van der Waals surface area contributed by atoms with Crippen molar-refractivity contribution in [3.63, 3.8) is 0 Å². The van der Waals surface area contributed by atoms with Crippen molar-refractivity contribution in [1.82, 2.24) is 0 Å². The molecule has 0 aliphatic heterocycles. The number of hydrogen-bond donors (Lipinski definition) is 4. The van der Waals surface area contributed by atoms with Crippen LogP contribution in [-0.4, -0.2) is 22.7 Å². The molecular weight excluding hydrogens is 236 g/mol. The standard InChI is InChI=1S/C11H18N4O3/c1-8(3-2-4-16)13-9-5-10(14-12)7-11(6-9)15(17)18/h5-8,13-14,16H,2-4,12H2,1H3. The van der Waals surface area contributed by atoms with Crippen molar-refractivity contribution in [1.29, 1.82) is 0 Å². The zero-order valence-corrected chi connectivity index (χ0v) is 10.2. The van der Waals surface area contributed by atoms with E-state index < -0.39 is 4.92 Å². The van der Waals surface area contributed by atoms with Crippen LogP contribution >= 0.6 is 0 Å². The summed E-state index contributed by atoms with van der Waals surface area (Å²) in [7, 11) is 0. The highest BCUT2D eigenvalue weighted by Crippen LogP contribution is 2.24. The highest BCUT2D eigenvalue weighted by Gasteiger charge is 2.10. The fraction of sp³-hybridized carbons (Fsp3) is 0.455. The molecule has 0 fully saturated rings. The molecule has 0 spiro atoms. The van der Waals surface area contributed by atoms with Crippen molar-refractivity contribution in [3.8, 4) is 0 Å². The first-order valence-electron chi connectivity index (χ1n) is 5.70. The van der Waals surface area contributed by atoms with Crippen LogP contribution in [0.4, 0.5) is 17.1 Å². The molecule has 18 heavy (non-hydrogen) atoms. The van der Waals surface area contributed by atoms with Gasteiger partial charge in [0.15, 0.2) is 0 Å². The smallest absolute Gasteiger partial charge is 0.273 e. The van der Waals surface area contributed by atoms with Crippen LogP contribution < -0.4 is 16.6 Å². The van der Waals surface area contributed by atoms with Crippen LogP contribution in [0.2, 0.25) is 0 Å². The summed E-state index contributed by atoms with van der Waals surface area (Å²) < 4.78 is 0. The van der Waals surface area contributed by atoms with Crippen LogP contribution in [0.5, 0.6) is 0 Å². The molecule has 1 atom stereocenters. The number of nitrogen functional groups attached to an aromatic ring is 1. The second-order valence-corrected chi connectivity index (χ2v) is 4.08. The molecule has 0 aliphatic carbocycles. The summed E-state index contributed by atoms with van der Waals surface area (Å²) in [6.45, 7) is 2.08. The number of non-ortho nitro benzene ring substituents is 1. The first-order valence-corrected chi connectivity index (χ1v) is 5.70. The van der Waals surface area contributed by atoms with E-state index in [-0.39, 0.29) is 18.3 Å². The van der Waals surface area contributed by atoms with Crippen LogP contribution in [0, 0.1) is 10.1 Å². The van der Waals surface area contributed by atoms with Gasteiger partial charge in [0.25, 0.3) is 5.69 Å². The van der Waals surface area contributed by atoms with Gasteiger partial charge >= 0.3 is 0 Å². The Morgan fingerprint density at radius 2 is 2.11 bits per heavy atom. The zero-order valence-electron chi connectivity index (χ0n) is 10.2. The maximum atomic E-state index is 10.8. The predicted octanol–water partition coefficient (Wildman–Crippen LogP) is 1.45. The molecular formula is C11H18N4O3. The fourth-order valence-electron chi connectivity index (χ4n) is 1.64. The minimum absolute atomic E-state index is 0.0256. The highest BCUT2D eigenvalue weighted by molar-refractivity contribution is 5.63. The maximum absolute atomic E-state index is 10.8. The zero-order chi connectivity index (χ0) is 13.5. The molecule has 5 N–H and O–H groups in total. The lowest BCUT2D eigenvalue weighted by Gasteiger charge is -2.15. The SMILES string of the molecule is CC(CCCO)Nc1cc(NN)cc([N+](=O)[O-])c1. The number of hydrazine groups is 1. The number of aliphatic hydroxyl groups is 1. The Labute approximate surface area is 105 Å². The summed E-state index contributed by atoms with van der Waals surface area (Å²) in [5, 5.41) is 22.6.